The third kappa shape index (κ3) is 5.40. The molecule has 0 aromatic heterocycles. The average molecular weight is 496 g/mol. The second-order valence-corrected chi connectivity index (χ2v) is 12.6. The Morgan fingerprint density at radius 1 is 0.757 bits per heavy atom. The highest BCUT2D eigenvalue weighted by Crippen LogP contribution is 2.47. The van der Waals surface area contributed by atoms with Gasteiger partial charge in [0.15, 0.2) is 5.71 Å². The topological polar surface area (TPSA) is 6.25 Å². The highest BCUT2D eigenvalue weighted by atomic mass is 15.2. The summed E-state index contributed by atoms with van der Waals surface area (Å²) in [7, 11) is 0. The molecule has 2 aliphatic rings. The summed E-state index contributed by atoms with van der Waals surface area (Å²) in [6.45, 7) is 20.8. The molecule has 2 aromatic rings. The number of nitrogens with zero attached hydrogens (tertiary/aromatic N) is 2. The Kier molecular flexibility index (Phi) is 7.97. The lowest BCUT2D eigenvalue weighted by Gasteiger charge is -2.27. The van der Waals surface area contributed by atoms with Gasteiger partial charge in [-0.05, 0) is 49.8 Å². The zero-order chi connectivity index (χ0) is 26.8. The second kappa shape index (κ2) is 10.9. The molecule has 2 heteroatoms. The summed E-state index contributed by atoms with van der Waals surface area (Å²) in [4.78, 5) is 2.54. The lowest BCUT2D eigenvalue weighted by Crippen LogP contribution is -2.28. The van der Waals surface area contributed by atoms with E-state index < -0.39 is 0 Å². The Balaban J connectivity index is 1.62. The van der Waals surface area contributed by atoms with E-state index in [9.17, 15) is 0 Å². The van der Waals surface area contributed by atoms with E-state index in [1.54, 1.807) is 0 Å². The number of benzene rings is 2. The van der Waals surface area contributed by atoms with Crippen LogP contribution in [-0.4, -0.2) is 23.4 Å². The van der Waals surface area contributed by atoms with Gasteiger partial charge in [0.2, 0.25) is 5.69 Å². The predicted octanol–water partition coefficient (Wildman–Crippen LogP) is 8.95. The van der Waals surface area contributed by atoms with Gasteiger partial charge < -0.3 is 4.90 Å². The van der Waals surface area contributed by atoms with Crippen molar-refractivity contribution in [2.75, 3.05) is 18.0 Å². The SMILES string of the molecule is CC(C)CCN1C(=CC=CC=CC2=[N+](CCC(C)C)c3ccccc3C2(C)C)C(C)(C)c2ccccc21. The molecular formula is C35H47N2+. The first-order valence-corrected chi connectivity index (χ1v) is 14.2. The molecule has 0 unspecified atom stereocenters. The van der Waals surface area contributed by atoms with Crippen LogP contribution in [0.5, 0.6) is 0 Å². The lowest BCUT2D eigenvalue weighted by molar-refractivity contribution is -0.439. The van der Waals surface area contributed by atoms with Gasteiger partial charge in [-0.25, -0.2) is 0 Å². The van der Waals surface area contributed by atoms with Crippen molar-refractivity contribution in [2.24, 2.45) is 11.8 Å². The molecule has 2 nitrogen and oxygen atoms in total. The van der Waals surface area contributed by atoms with Gasteiger partial charge in [-0.1, -0.05) is 96.2 Å². The Morgan fingerprint density at radius 3 is 2.11 bits per heavy atom. The highest BCUT2D eigenvalue weighted by Gasteiger charge is 2.44. The number of anilines is 1. The zero-order valence-corrected chi connectivity index (χ0v) is 24.4. The van der Waals surface area contributed by atoms with E-state index in [1.807, 2.05) is 0 Å². The van der Waals surface area contributed by atoms with E-state index in [1.165, 1.54) is 46.8 Å². The van der Waals surface area contributed by atoms with Crippen LogP contribution in [0.15, 0.2) is 84.6 Å². The van der Waals surface area contributed by atoms with E-state index in [-0.39, 0.29) is 10.8 Å². The van der Waals surface area contributed by atoms with Gasteiger partial charge in [0.25, 0.3) is 0 Å². The van der Waals surface area contributed by atoms with Crippen LogP contribution in [0.2, 0.25) is 0 Å². The molecule has 0 N–H and O–H groups in total. The monoisotopic (exact) mass is 495 g/mol. The Bertz CT molecular complexity index is 1230. The Morgan fingerprint density at radius 2 is 1.41 bits per heavy atom. The van der Waals surface area contributed by atoms with Crippen LogP contribution < -0.4 is 4.90 Å². The van der Waals surface area contributed by atoms with Gasteiger partial charge >= 0.3 is 0 Å². The van der Waals surface area contributed by atoms with Gasteiger partial charge in [0.05, 0.1) is 5.41 Å². The van der Waals surface area contributed by atoms with E-state index >= 15 is 0 Å². The molecule has 0 spiro atoms. The molecule has 0 radical (unpaired) electrons. The van der Waals surface area contributed by atoms with Crippen molar-refractivity contribution in [3.63, 3.8) is 0 Å². The van der Waals surface area contributed by atoms with Gasteiger partial charge in [-0.2, -0.15) is 4.58 Å². The van der Waals surface area contributed by atoms with E-state index in [0.29, 0.717) is 11.8 Å². The van der Waals surface area contributed by atoms with Crippen molar-refractivity contribution < 1.29 is 4.58 Å². The first kappa shape index (κ1) is 27.2. The van der Waals surface area contributed by atoms with Crippen molar-refractivity contribution in [2.45, 2.75) is 79.1 Å². The molecule has 196 valence electrons. The van der Waals surface area contributed by atoms with Crippen molar-refractivity contribution in [3.8, 4) is 0 Å². The Labute approximate surface area is 226 Å². The van der Waals surface area contributed by atoms with Crippen LogP contribution in [0.25, 0.3) is 0 Å². The number of para-hydroxylation sites is 2. The molecule has 37 heavy (non-hydrogen) atoms. The first-order chi connectivity index (χ1) is 17.5. The second-order valence-electron chi connectivity index (χ2n) is 12.6. The van der Waals surface area contributed by atoms with Crippen molar-refractivity contribution >= 4 is 17.1 Å². The third-order valence-electron chi connectivity index (χ3n) is 8.19. The summed E-state index contributed by atoms with van der Waals surface area (Å²) >= 11 is 0. The molecule has 0 saturated carbocycles. The number of rotatable bonds is 9. The maximum atomic E-state index is 2.54. The fraction of sp³-hybridized carbons (Fsp3) is 0.457. The molecule has 0 atom stereocenters. The van der Waals surface area contributed by atoms with E-state index in [2.05, 4.69) is 144 Å². The fourth-order valence-electron chi connectivity index (χ4n) is 5.90. The molecule has 0 bridgehead atoms. The molecule has 0 saturated heterocycles. The smallest absolute Gasteiger partial charge is 0.209 e. The lowest BCUT2D eigenvalue weighted by atomic mass is 9.81. The Hall–Kier alpha value is -2.87. The maximum absolute atomic E-state index is 2.54. The summed E-state index contributed by atoms with van der Waals surface area (Å²) in [5, 5.41) is 0. The largest absolute Gasteiger partial charge is 0.344 e. The average Bonchev–Trinajstić information content (AvgIpc) is 3.20. The van der Waals surface area contributed by atoms with Crippen LogP contribution in [0.4, 0.5) is 11.4 Å². The quantitative estimate of drug-likeness (QED) is 0.248. The summed E-state index contributed by atoms with van der Waals surface area (Å²) < 4.78 is 2.54. The van der Waals surface area contributed by atoms with Crippen molar-refractivity contribution in [3.05, 3.63) is 95.7 Å². The summed E-state index contributed by atoms with van der Waals surface area (Å²) in [6.07, 6.45) is 13.7. The van der Waals surface area contributed by atoms with Crippen LogP contribution in [0, 0.1) is 11.8 Å². The number of hydrogen-bond donors (Lipinski definition) is 0. The van der Waals surface area contributed by atoms with E-state index in [0.717, 1.165) is 13.1 Å². The highest BCUT2D eigenvalue weighted by molar-refractivity contribution is 6.03. The van der Waals surface area contributed by atoms with Crippen molar-refractivity contribution in [1.82, 2.24) is 0 Å². The first-order valence-electron chi connectivity index (χ1n) is 14.2. The molecular weight excluding hydrogens is 448 g/mol. The van der Waals surface area contributed by atoms with E-state index in [4.69, 9.17) is 0 Å². The van der Waals surface area contributed by atoms with Gasteiger partial charge in [0.1, 0.15) is 6.54 Å². The van der Waals surface area contributed by atoms with Gasteiger partial charge in [-0.3, -0.25) is 0 Å². The minimum Gasteiger partial charge on any atom is -0.344 e. The maximum Gasteiger partial charge on any atom is 0.209 e. The molecule has 2 heterocycles. The van der Waals surface area contributed by atoms with Crippen LogP contribution >= 0.6 is 0 Å². The van der Waals surface area contributed by atoms with Gasteiger partial charge in [0, 0.05) is 47.5 Å². The number of hydrogen-bond acceptors (Lipinski definition) is 1. The number of fused-ring (bicyclic) bond motifs is 2. The molecule has 2 aliphatic heterocycles. The molecule has 2 aromatic carbocycles. The molecule has 0 aliphatic carbocycles. The minimum absolute atomic E-state index is 0.000883. The summed E-state index contributed by atoms with van der Waals surface area (Å²) in [5.74, 6) is 1.37. The number of allylic oxidation sites excluding steroid dienone is 6. The standard InChI is InChI=1S/C35H47N2/c1-26(2)22-24-36-30-18-14-12-16-28(30)34(5,6)32(36)20-10-9-11-21-33-35(7,8)29-17-13-15-19-31(29)37(33)25-23-27(3)4/h9-21,26-27H,22-25H2,1-8H3/q+1. The zero-order valence-electron chi connectivity index (χ0n) is 24.4. The van der Waals surface area contributed by atoms with Crippen molar-refractivity contribution in [1.29, 1.82) is 0 Å². The minimum atomic E-state index is -0.000883. The van der Waals surface area contributed by atoms with Crippen LogP contribution in [0.1, 0.15) is 79.4 Å². The summed E-state index contributed by atoms with van der Waals surface area (Å²) in [6, 6.07) is 17.8. The molecule has 0 amide bonds. The van der Waals surface area contributed by atoms with Crippen LogP contribution in [0.3, 0.4) is 0 Å². The van der Waals surface area contributed by atoms with Crippen LogP contribution in [-0.2, 0) is 10.8 Å². The molecule has 4 rings (SSSR count). The fourth-order valence-corrected chi connectivity index (χ4v) is 5.90. The normalized spacial score (nSPS) is 19.3. The molecule has 0 fully saturated rings. The predicted molar refractivity (Wildman–Crippen MR) is 161 cm³/mol. The third-order valence-corrected chi connectivity index (χ3v) is 8.19. The summed E-state index contributed by atoms with van der Waals surface area (Å²) in [5.41, 5.74) is 8.36. The van der Waals surface area contributed by atoms with Gasteiger partial charge in [-0.15, -0.1) is 0 Å².